The summed E-state index contributed by atoms with van der Waals surface area (Å²) in [6, 6.07) is 4.55. The molecule has 1 aromatic rings. The van der Waals surface area contributed by atoms with Crippen LogP contribution in [0.25, 0.3) is 0 Å². The summed E-state index contributed by atoms with van der Waals surface area (Å²) in [6.07, 6.45) is -4.17. The lowest BCUT2D eigenvalue weighted by atomic mass is 9.97. The molecule has 2 N–H and O–H groups in total. The van der Waals surface area contributed by atoms with Gasteiger partial charge >= 0.3 is 12.1 Å². The van der Waals surface area contributed by atoms with E-state index in [-0.39, 0.29) is 6.42 Å². The minimum absolute atomic E-state index is 0.222. The molecule has 0 aliphatic heterocycles. The standard InChI is InChI=1S/C15H18F3NO3/c1-9(12(20)19-14(2,3)13(21)22)8-10-4-6-11(7-5-10)15(16,17)18/h4-7,9H,8H2,1-3H3,(H,19,20)(H,21,22). The molecule has 7 heteroatoms. The van der Waals surface area contributed by atoms with Crippen molar-refractivity contribution in [1.29, 1.82) is 0 Å². The maximum atomic E-state index is 12.5. The molecule has 0 bridgehead atoms. The number of nitrogens with one attached hydrogen (secondary N) is 1. The van der Waals surface area contributed by atoms with Gasteiger partial charge in [-0.1, -0.05) is 19.1 Å². The smallest absolute Gasteiger partial charge is 0.416 e. The van der Waals surface area contributed by atoms with E-state index >= 15 is 0 Å². The van der Waals surface area contributed by atoms with Gasteiger partial charge < -0.3 is 10.4 Å². The third-order valence-corrected chi connectivity index (χ3v) is 3.24. The molecule has 1 amide bonds. The number of amides is 1. The molecule has 1 aromatic carbocycles. The van der Waals surface area contributed by atoms with Crippen LogP contribution in [0.15, 0.2) is 24.3 Å². The van der Waals surface area contributed by atoms with Crippen LogP contribution in [0.1, 0.15) is 31.9 Å². The number of carboxylic acid groups (broad SMARTS) is 1. The molecule has 0 saturated carbocycles. The minimum atomic E-state index is -4.40. The second-order valence-electron chi connectivity index (χ2n) is 5.72. The van der Waals surface area contributed by atoms with E-state index < -0.39 is 35.1 Å². The Morgan fingerprint density at radius 2 is 1.68 bits per heavy atom. The maximum Gasteiger partial charge on any atom is 0.416 e. The van der Waals surface area contributed by atoms with Gasteiger partial charge in [-0.3, -0.25) is 4.79 Å². The van der Waals surface area contributed by atoms with Gasteiger partial charge in [0.2, 0.25) is 5.91 Å². The van der Waals surface area contributed by atoms with Crippen LogP contribution >= 0.6 is 0 Å². The molecule has 0 heterocycles. The van der Waals surface area contributed by atoms with Gasteiger partial charge in [0.15, 0.2) is 0 Å². The van der Waals surface area contributed by atoms with Gasteiger partial charge in [-0.2, -0.15) is 13.2 Å². The Kier molecular flexibility index (Phi) is 5.22. The second kappa shape index (κ2) is 6.37. The molecule has 1 unspecified atom stereocenters. The largest absolute Gasteiger partial charge is 0.480 e. The van der Waals surface area contributed by atoms with Crippen molar-refractivity contribution in [2.75, 3.05) is 0 Å². The molecule has 1 rings (SSSR count). The van der Waals surface area contributed by atoms with Crippen LogP contribution in [0.4, 0.5) is 13.2 Å². The van der Waals surface area contributed by atoms with Crippen molar-refractivity contribution in [2.45, 2.75) is 38.9 Å². The Labute approximate surface area is 126 Å². The fourth-order valence-electron chi connectivity index (χ4n) is 1.76. The molecule has 4 nitrogen and oxygen atoms in total. The molecular weight excluding hydrogens is 299 g/mol. The average molecular weight is 317 g/mol. The number of carbonyl (C=O) groups excluding carboxylic acids is 1. The van der Waals surface area contributed by atoms with Gasteiger partial charge in [-0.05, 0) is 38.0 Å². The first-order valence-electron chi connectivity index (χ1n) is 6.65. The Balaban J connectivity index is 2.71. The first-order valence-corrected chi connectivity index (χ1v) is 6.65. The SMILES string of the molecule is CC(Cc1ccc(C(F)(F)F)cc1)C(=O)NC(C)(C)C(=O)O. The summed E-state index contributed by atoms with van der Waals surface area (Å²) in [5.41, 5.74) is -1.57. The first kappa shape index (κ1) is 18.0. The molecule has 0 fully saturated rings. The molecular formula is C15H18F3NO3. The van der Waals surface area contributed by atoms with E-state index in [4.69, 9.17) is 5.11 Å². The van der Waals surface area contributed by atoms with Crippen molar-refractivity contribution >= 4 is 11.9 Å². The van der Waals surface area contributed by atoms with E-state index in [9.17, 15) is 22.8 Å². The van der Waals surface area contributed by atoms with Crippen LogP contribution in [0, 0.1) is 5.92 Å². The van der Waals surface area contributed by atoms with Crippen molar-refractivity contribution in [3.8, 4) is 0 Å². The van der Waals surface area contributed by atoms with Crippen LogP contribution in [-0.2, 0) is 22.2 Å². The van der Waals surface area contributed by atoms with Gasteiger partial charge in [-0.25, -0.2) is 4.79 Å². The predicted octanol–water partition coefficient (Wildman–Crippen LogP) is 2.86. The number of carbonyl (C=O) groups is 2. The zero-order valence-corrected chi connectivity index (χ0v) is 12.5. The van der Waals surface area contributed by atoms with Crippen molar-refractivity contribution in [3.05, 3.63) is 35.4 Å². The lowest BCUT2D eigenvalue weighted by Crippen LogP contribution is -2.51. The highest BCUT2D eigenvalue weighted by atomic mass is 19.4. The average Bonchev–Trinajstić information content (AvgIpc) is 2.37. The van der Waals surface area contributed by atoms with E-state index in [1.54, 1.807) is 6.92 Å². The minimum Gasteiger partial charge on any atom is -0.480 e. The second-order valence-corrected chi connectivity index (χ2v) is 5.72. The number of carboxylic acids is 1. The molecule has 0 aliphatic carbocycles. The summed E-state index contributed by atoms with van der Waals surface area (Å²) >= 11 is 0. The highest BCUT2D eigenvalue weighted by molar-refractivity contribution is 5.87. The third kappa shape index (κ3) is 4.75. The monoisotopic (exact) mass is 317 g/mol. The van der Waals surface area contributed by atoms with Gasteiger partial charge in [0.05, 0.1) is 5.56 Å². The number of halogens is 3. The zero-order chi connectivity index (χ0) is 17.1. The topological polar surface area (TPSA) is 66.4 Å². The lowest BCUT2D eigenvalue weighted by Gasteiger charge is -2.23. The fraction of sp³-hybridized carbons (Fsp3) is 0.467. The summed E-state index contributed by atoms with van der Waals surface area (Å²) in [6.45, 7) is 4.31. The van der Waals surface area contributed by atoms with E-state index in [0.717, 1.165) is 12.1 Å². The van der Waals surface area contributed by atoms with E-state index in [1.165, 1.54) is 26.0 Å². The molecule has 0 aliphatic rings. The van der Waals surface area contributed by atoms with Crippen LogP contribution < -0.4 is 5.32 Å². The lowest BCUT2D eigenvalue weighted by molar-refractivity contribution is -0.146. The molecule has 22 heavy (non-hydrogen) atoms. The highest BCUT2D eigenvalue weighted by Gasteiger charge is 2.31. The van der Waals surface area contributed by atoms with Crippen LogP contribution in [0.3, 0.4) is 0 Å². The molecule has 0 saturated heterocycles. The van der Waals surface area contributed by atoms with Gasteiger partial charge in [0.1, 0.15) is 5.54 Å². The van der Waals surface area contributed by atoms with Crippen molar-refractivity contribution in [1.82, 2.24) is 5.32 Å². The molecule has 1 atom stereocenters. The number of hydrogen-bond acceptors (Lipinski definition) is 2. The van der Waals surface area contributed by atoms with Crippen LogP contribution in [0.5, 0.6) is 0 Å². The van der Waals surface area contributed by atoms with Crippen molar-refractivity contribution in [3.63, 3.8) is 0 Å². The molecule has 0 spiro atoms. The van der Waals surface area contributed by atoms with E-state index in [2.05, 4.69) is 5.32 Å². The van der Waals surface area contributed by atoms with Gasteiger partial charge in [0, 0.05) is 5.92 Å². The van der Waals surface area contributed by atoms with Crippen molar-refractivity contribution < 1.29 is 27.9 Å². The van der Waals surface area contributed by atoms with Crippen LogP contribution in [-0.4, -0.2) is 22.5 Å². The first-order chi connectivity index (χ1) is 9.93. The maximum absolute atomic E-state index is 12.5. The fourth-order valence-corrected chi connectivity index (χ4v) is 1.76. The predicted molar refractivity (Wildman–Crippen MR) is 74.2 cm³/mol. The Hall–Kier alpha value is -2.05. The highest BCUT2D eigenvalue weighted by Crippen LogP contribution is 2.29. The quantitative estimate of drug-likeness (QED) is 0.877. The number of benzene rings is 1. The summed E-state index contributed by atoms with van der Waals surface area (Å²) in [4.78, 5) is 22.9. The molecule has 0 aromatic heterocycles. The van der Waals surface area contributed by atoms with E-state index in [1.807, 2.05) is 0 Å². The summed E-state index contributed by atoms with van der Waals surface area (Å²) in [5.74, 6) is -2.19. The number of alkyl halides is 3. The number of hydrogen-bond donors (Lipinski definition) is 2. The Morgan fingerprint density at radius 3 is 2.09 bits per heavy atom. The Morgan fingerprint density at radius 1 is 1.18 bits per heavy atom. The number of aliphatic carboxylic acids is 1. The number of rotatable bonds is 5. The third-order valence-electron chi connectivity index (χ3n) is 3.24. The van der Waals surface area contributed by atoms with E-state index in [0.29, 0.717) is 5.56 Å². The normalized spacial score (nSPS) is 13.5. The molecule has 0 radical (unpaired) electrons. The van der Waals surface area contributed by atoms with Crippen molar-refractivity contribution in [2.24, 2.45) is 5.92 Å². The van der Waals surface area contributed by atoms with Gasteiger partial charge in [-0.15, -0.1) is 0 Å². The van der Waals surface area contributed by atoms with Crippen LogP contribution in [0.2, 0.25) is 0 Å². The zero-order valence-electron chi connectivity index (χ0n) is 12.5. The summed E-state index contributed by atoms with van der Waals surface area (Å²) < 4.78 is 37.4. The van der Waals surface area contributed by atoms with Gasteiger partial charge in [0.25, 0.3) is 0 Å². The summed E-state index contributed by atoms with van der Waals surface area (Å²) in [5, 5.41) is 11.3. The Bertz CT molecular complexity index is 550. The molecule has 122 valence electrons. The summed E-state index contributed by atoms with van der Waals surface area (Å²) in [7, 11) is 0.